The molecule has 164 valence electrons. The van der Waals surface area contributed by atoms with Crippen molar-refractivity contribution < 1.29 is 23.9 Å². The highest BCUT2D eigenvalue weighted by Gasteiger charge is 2.65. The van der Waals surface area contributed by atoms with Gasteiger partial charge in [-0.25, -0.2) is 4.79 Å². The molecule has 2 aliphatic heterocycles. The van der Waals surface area contributed by atoms with E-state index in [1.807, 2.05) is 17.6 Å². The molecule has 0 spiro atoms. The van der Waals surface area contributed by atoms with Crippen LogP contribution in [0.2, 0.25) is 0 Å². The van der Waals surface area contributed by atoms with Gasteiger partial charge in [0.05, 0.1) is 23.3 Å². The monoisotopic (exact) mass is 482 g/mol. The smallest absolute Gasteiger partial charge is 0.319 e. The average molecular weight is 483 g/mol. The number of aromatic nitrogens is 1. The summed E-state index contributed by atoms with van der Waals surface area (Å²) in [5, 5.41) is 6.05. The molecule has 2 N–H and O–H groups in total. The molecule has 10 heteroatoms. The maximum atomic E-state index is 12.6. The molecule has 1 aliphatic carbocycles. The first-order valence-corrected chi connectivity index (χ1v) is 11.2. The number of hydrogen-bond donors (Lipinski definition) is 2. The van der Waals surface area contributed by atoms with Gasteiger partial charge in [-0.15, -0.1) is 0 Å². The van der Waals surface area contributed by atoms with Crippen LogP contribution in [0.25, 0.3) is 0 Å². The number of unbranched alkanes of at least 4 members (excludes halogenated alkanes) is 1. The first-order chi connectivity index (χ1) is 14.4. The number of amides is 3. The fraction of sp³-hybridized carbons (Fsp3) is 0.650. The van der Waals surface area contributed by atoms with Gasteiger partial charge in [-0.3, -0.25) is 14.5 Å². The van der Waals surface area contributed by atoms with Crippen LogP contribution in [0, 0.1) is 0 Å². The molecule has 30 heavy (non-hydrogen) atoms. The molecule has 1 saturated carbocycles. The van der Waals surface area contributed by atoms with Gasteiger partial charge in [0.1, 0.15) is 11.7 Å². The number of halogens is 1. The highest BCUT2D eigenvalue weighted by atomic mass is 79.9. The van der Waals surface area contributed by atoms with Gasteiger partial charge in [-0.05, 0) is 47.3 Å². The quantitative estimate of drug-likeness (QED) is 0.436. The average Bonchev–Trinajstić information content (AvgIpc) is 3.32. The number of likely N-dealkylation sites (N-methyl/N-ethyl adjacent to an activating group) is 1. The summed E-state index contributed by atoms with van der Waals surface area (Å²) < 4.78 is 14.2. The number of fused-ring (bicyclic) bond motifs is 5. The number of urea groups is 1. The molecule has 3 amide bonds. The lowest BCUT2D eigenvalue weighted by Crippen LogP contribution is -2.57. The Hall–Kier alpha value is -2.07. The molecule has 0 unspecified atom stereocenters. The zero-order valence-electron chi connectivity index (χ0n) is 17.2. The lowest BCUT2D eigenvalue weighted by atomic mass is 10.0. The lowest BCUT2D eigenvalue weighted by molar-refractivity contribution is -0.144. The first-order valence-electron chi connectivity index (χ1n) is 10.4. The Morgan fingerprint density at radius 1 is 1.27 bits per heavy atom. The van der Waals surface area contributed by atoms with Crippen LogP contribution in [-0.4, -0.2) is 65.4 Å². The van der Waals surface area contributed by atoms with E-state index in [9.17, 15) is 14.4 Å². The van der Waals surface area contributed by atoms with Crippen LogP contribution in [0.3, 0.4) is 0 Å². The number of hydrogen-bond acceptors (Lipinski definition) is 5. The summed E-state index contributed by atoms with van der Waals surface area (Å²) in [5.41, 5.74) is -0.258. The van der Waals surface area contributed by atoms with Crippen molar-refractivity contribution in [1.29, 1.82) is 0 Å². The fourth-order valence-corrected chi connectivity index (χ4v) is 5.35. The van der Waals surface area contributed by atoms with Crippen molar-refractivity contribution >= 4 is 33.8 Å². The van der Waals surface area contributed by atoms with Crippen molar-refractivity contribution in [1.82, 2.24) is 20.1 Å². The highest BCUT2D eigenvalue weighted by molar-refractivity contribution is 9.10. The number of carbonyl (C=O) groups excluding carboxylic acids is 3. The van der Waals surface area contributed by atoms with E-state index >= 15 is 0 Å². The van der Waals surface area contributed by atoms with E-state index in [-0.39, 0.29) is 36.0 Å². The van der Waals surface area contributed by atoms with Crippen molar-refractivity contribution in [3.05, 3.63) is 22.4 Å². The van der Waals surface area contributed by atoms with Gasteiger partial charge >= 0.3 is 12.0 Å². The van der Waals surface area contributed by atoms with E-state index in [0.717, 1.165) is 11.0 Å². The third kappa shape index (κ3) is 3.39. The maximum absolute atomic E-state index is 12.6. The van der Waals surface area contributed by atoms with Gasteiger partial charge < -0.3 is 24.7 Å². The Labute approximate surface area is 183 Å². The number of esters is 1. The zero-order valence-corrected chi connectivity index (χ0v) is 18.7. The van der Waals surface area contributed by atoms with Crippen LogP contribution in [-0.2, 0) is 14.3 Å². The molecule has 0 bridgehead atoms. The predicted octanol–water partition coefficient (Wildman–Crippen LogP) is 2.17. The van der Waals surface area contributed by atoms with Gasteiger partial charge in [0, 0.05) is 26.5 Å². The molecule has 0 aromatic carbocycles. The molecule has 1 aromatic rings. The molecule has 1 aromatic heterocycles. The Morgan fingerprint density at radius 3 is 2.83 bits per heavy atom. The van der Waals surface area contributed by atoms with E-state index in [0.29, 0.717) is 44.6 Å². The van der Waals surface area contributed by atoms with Crippen molar-refractivity contribution in [2.75, 3.05) is 20.3 Å². The summed E-state index contributed by atoms with van der Waals surface area (Å²) in [6, 6.07) is 2.76. The largest absolute Gasteiger partial charge is 0.466 e. The summed E-state index contributed by atoms with van der Waals surface area (Å²) in [7, 11) is 1.72. The summed E-state index contributed by atoms with van der Waals surface area (Å²) in [5.74, 6) is -0.352. The van der Waals surface area contributed by atoms with Crippen LogP contribution < -0.4 is 10.6 Å². The van der Waals surface area contributed by atoms with E-state index in [1.165, 1.54) is 0 Å². The van der Waals surface area contributed by atoms with Crippen molar-refractivity contribution in [3.8, 4) is 0 Å². The van der Waals surface area contributed by atoms with Crippen LogP contribution in [0.5, 0.6) is 0 Å². The Morgan fingerprint density at radius 2 is 2.07 bits per heavy atom. The topological polar surface area (TPSA) is 102 Å². The molecule has 9 nitrogen and oxygen atoms in total. The lowest BCUT2D eigenvalue weighted by Gasteiger charge is -2.35. The molecule has 4 atom stereocenters. The van der Waals surface area contributed by atoms with E-state index in [2.05, 4.69) is 26.6 Å². The van der Waals surface area contributed by atoms with Crippen LogP contribution >= 0.6 is 15.9 Å². The van der Waals surface area contributed by atoms with Gasteiger partial charge in [0.2, 0.25) is 0 Å². The van der Waals surface area contributed by atoms with Gasteiger partial charge in [-0.1, -0.05) is 6.92 Å². The molecule has 3 heterocycles. The molecule has 2 fully saturated rings. The maximum Gasteiger partial charge on any atom is 0.319 e. The van der Waals surface area contributed by atoms with E-state index in [1.54, 1.807) is 18.0 Å². The zero-order chi connectivity index (χ0) is 21.5. The molecular weight excluding hydrogens is 456 g/mol. The van der Waals surface area contributed by atoms with Gasteiger partial charge in [-0.2, -0.15) is 0 Å². The number of carbonyl (C=O) groups is 3. The number of rotatable bonds is 8. The Kier molecular flexibility index (Phi) is 5.80. The summed E-state index contributed by atoms with van der Waals surface area (Å²) in [6.07, 6.45) is 3.05. The third-order valence-corrected chi connectivity index (χ3v) is 6.88. The summed E-state index contributed by atoms with van der Waals surface area (Å²) in [4.78, 5) is 38.3. The van der Waals surface area contributed by atoms with Crippen LogP contribution in [0.1, 0.15) is 55.6 Å². The molecular formula is C20H27BrN4O5. The van der Waals surface area contributed by atoms with E-state index < -0.39 is 5.72 Å². The minimum Gasteiger partial charge on any atom is -0.466 e. The summed E-state index contributed by atoms with van der Waals surface area (Å²) in [6.45, 7) is 2.81. The minimum absolute atomic E-state index is 0.0425. The Balaban J connectivity index is 1.45. The van der Waals surface area contributed by atoms with E-state index in [4.69, 9.17) is 9.47 Å². The van der Waals surface area contributed by atoms with Gasteiger partial charge in [0.15, 0.2) is 5.72 Å². The molecule has 4 rings (SSSR count). The molecule has 3 aliphatic rings. The number of ether oxygens (including phenoxy) is 2. The van der Waals surface area contributed by atoms with Crippen molar-refractivity contribution in [2.24, 2.45) is 0 Å². The number of nitrogens with zero attached hydrogens (tertiary/aromatic N) is 2. The fourth-order valence-electron chi connectivity index (χ4n) is 4.76. The van der Waals surface area contributed by atoms with Crippen LogP contribution in [0.15, 0.2) is 16.7 Å². The first kappa shape index (κ1) is 21.2. The highest BCUT2D eigenvalue weighted by Crippen LogP contribution is 2.48. The summed E-state index contributed by atoms with van der Waals surface area (Å²) >= 11 is 3.54. The number of nitrogens with one attached hydrogen (secondary N) is 2. The molecule has 0 radical (unpaired) electrons. The Bertz CT molecular complexity index is 858. The standard InChI is InChI=1S/C20H27BrN4O5/c1-3-9-29-15(26)6-4-5-10-30-20-11-13-16(17(20)23-19(28)24(20)2)22-18(27)12-7-8-14(21)25(12)13/h7-8,13,16-17H,3-6,9-11H2,1-2H3,(H,22,27)(H,23,28)/t13-,16-,17+,20+/m1/s1. The van der Waals surface area contributed by atoms with Gasteiger partial charge in [0.25, 0.3) is 5.91 Å². The predicted molar refractivity (Wildman–Crippen MR) is 111 cm³/mol. The molecule has 1 saturated heterocycles. The van der Waals surface area contributed by atoms with Crippen LogP contribution in [0.4, 0.5) is 4.79 Å². The van der Waals surface area contributed by atoms with Crippen molar-refractivity contribution in [3.63, 3.8) is 0 Å². The second-order valence-electron chi connectivity index (χ2n) is 8.04. The minimum atomic E-state index is -0.853. The van der Waals surface area contributed by atoms with Crippen molar-refractivity contribution in [2.45, 2.75) is 62.9 Å². The second kappa shape index (κ2) is 8.22. The second-order valence-corrected chi connectivity index (χ2v) is 8.85. The normalized spacial score (nSPS) is 29.2. The SMILES string of the molecule is CCCOC(=O)CCCCO[C@@]12C[C@@H]3[C@@H](NC(=O)c4ccc(Br)n43)[C@@H]1NC(=O)N2C. The third-order valence-electron chi connectivity index (χ3n) is 6.24.